The third-order valence-corrected chi connectivity index (χ3v) is 5.72. The van der Waals surface area contributed by atoms with Crippen LogP contribution < -0.4 is 5.32 Å². The lowest BCUT2D eigenvalue weighted by Gasteiger charge is -2.31. The molecule has 0 spiro atoms. The van der Waals surface area contributed by atoms with Gasteiger partial charge >= 0.3 is 0 Å². The molecule has 0 aliphatic heterocycles. The van der Waals surface area contributed by atoms with Crippen LogP contribution in [0.1, 0.15) is 38.3 Å². The minimum atomic E-state index is -0.515. The molecule has 2 aromatic carbocycles. The molecule has 156 valence electrons. The van der Waals surface area contributed by atoms with E-state index >= 15 is 0 Å². The van der Waals surface area contributed by atoms with Crippen molar-refractivity contribution in [3.63, 3.8) is 0 Å². The highest BCUT2D eigenvalue weighted by Crippen LogP contribution is 2.21. The summed E-state index contributed by atoms with van der Waals surface area (Å²) >= 11 is 7.48. The SMILES string of the molecule is CC[C@@H](C(=O)NC(C)C)N(Cc1ccc(Cl)cc1)C(=O)CSc1ccc(C)cc1. The van der Waals surface area contributed by atoms with Gasteiger partial charge in [-0.1, -0.05) is 48.4 Å². The van der Waals surface area contributed by atoms with Crippen LogP contribution in [0.4, 0.5) is 0 Å². The van der Waals surface area contributed by atoms with E-state index in [0.717, 1.165) is 10.5 Å². The van der Waals surface area contributed by atoms with Gasteiger partial charge in [-0.25, -0.2) is 0 Å². The standard InChI is InChI=1S/C23H29ClN2O2S/c1-5-21(23(28)25-16(2)3)26(14-18-8-10-19(24)11-9-18)22(27)15-29-20-12-6-17(4)7-13-20/h6-13,16,21H,5,14-15H2,1-4H3,(H,25,28)/t21-/m0/s1. The van der Waals surface area contributed by atoms with E-state index in [1.165, 1.54) is 17.3 Å². The van der Waals surface area contributed by atoms with E-state index in [-0.39, 0.29) is 23.6 Å². The van der Waals surface area contributed by atoms with Crippen molar-refractivity contribution in [1.82, 2.24) is 10.2 Å². The predicted molar refractivity (Wildman–Crippen MR) is 121 cm³/mol. The Morgan fingerprint density at radius 2 is 1.69 bits per heavy atom. The van der Waals surface area contributed by atoms with Crippen molar-refractivity contribution in [3.05, 3.63) is 64.7 Å². The highest BCUT2D eigenvalue weighted by atomic mass is 35.5. The number of rotatable bonds is 9. The highest BCUT2D eigenvalue weighted by molar-refractivity contribution is 8.00. The molecule has 2 amide bonds. The largest absolute Gasteiger partial charge is 0.352 e. The zero-order valence-corrected chi connectivity index (χ0v) is 19.0. The van der Waals surface area contributed by atoms with Crippen molar-refractivity contribution >= 4 is 35.2 Å². The van der Waals surface area contributed by atoms with Crippen molar-refractivity contribution in [1.29, 1.82) is 0 Å². The lowest BCUT2D eigenvalue weighted by molar-refractivity contribution is -0.139. The predicted octanol–water partition coefficient (Wildman–Crippen LogP) is 5.07. The molecule has 1 atom stereocenters. The Morgan fingerprint density at radius 1 is 1.07 bits per heavy atom. The van der Waals surface area contributed by atoms with Crippen molar-refractivity contribution in [2.24, 2.45) is 0 Å². The number of benzene rings is 2. The van der Waals surface area contributed by atoms with Crippen LogP contribution in [0.25, 0.3) is 0 Å². The van der Waals surface area contributed by atoms with Crippen LogP contribution in [-0.2, 0) is 16.1 Å². The Kier molecular flexibility index (Phi) is 9.05. The third-order valence-electron chi connectivity index (χ3n) is 4.47. The molecule has 0 bridgehead atoms. The fraction of sp³-hybridized carbons (Fsp3) is 0.391. The summed E-state index contributed by atoms with van der Waals surface area (Å²) in [5.41, 5.74) is 2.13. The first kappa shape index (κ1) is 23.3. The molecule has 1 N–H and O–H groups in total. The van der Waals surface area contributed by atoms with E-state index in [1.54, 1.807) is 17.0 Å². The lowest BCUT2D eigenvalue weighted by Crippen LogP contribution is -2.50. The van der Waals surface area contributed by atoms with Crippen molar-refractivity contribution < 1.29 is 9.59 Å². The Labute approximate surface area is 183 Å². The van der Waals surface area contributed by atoms with Gasteiger partial charge < -0.3 is 10.2 Å². The number of hydrogen-bond donors (Lipinski definition) is 1. The summed E-state index contributed by atoms with van der Waals surface area (Å²) in [5.74, 6) is 0.101. The monoisotopic (exact) mass is 432 g/mol. The van der Waals surface area contributed by atoms with Crippen LogP contribution in [-0.4, -0.2) is 34.6 Å². The summed E-state index contributed by atoms with van der Waals surface area (Å²) in [4.78, 5) is 28.6. The second-order valence-corrected chi connectivity index (χ2v) is 8.82. The number of halogens is 1. The molecule has 29 heavy (non-hydrogen) atoms. The fourth-order valence-corrected chi connectivity index (χ4v) is 3.86. The second kappa shape index (κ2) is 11.3. The molecule has 0 radical (unpaired) electrons. The van der Waals surface area contributed by atoms with E-state index < -0.39 is 6.04 Å². The summed E-state index contributed by atoms with van der Waals surface area (Å²) in [7, 11) is 0. The third kappa shape index (κ3) is 7.41. The van der Waals surface area contributed by atoms with E-state index in [2.05, 4.69) is 5.32 Å². The average Bonchev–Trinajstić information content (AvgIpc) is 2.68. The number of thioether (sulfide) groups is 1. The first-order valence-corrected chi connectivity index (χ1v) is 11.2. The zero-order valence-electron chi connectivity index (χ0n) is 17.4. The van der Waals surface area contributed by atoms with E-state index in [0.29, 0.717) is 18.0 Å². The van der Waals surface area contributed by atoms with Crippen molar-refractivity contribution in [3.8, 4) is 0 Å². The van der Waals surface area contributed by atoms with Gasteiger partial charge in [-0.15, -0.1) is 11.8 Å². The van der Waals surface area contributed by atoms with Crippen molar-refractivity contribution in [2.75, 3.05) is 5.75 Å². The molecular weight excluding hydrogens is 404 g/mol. The van der Waals surface area contributed by atoms with Crippen LogP contribution in [0, 0.1) is 6.92 Å². The molecule has 2 aromatic rings. The number of carbonyl (C=O) groups excluding carboxylic acids is 2. The number of hydrogen-bond acceptors (Lipinski definition) is 3. The smallest absolute Gasteiger partial charge is 0.243 e. The number of nitrogens with zero attached hydrogens (tertiary/aromatic N) is 1. The summed E-state index contributed by atoms with van der Waals surface area (Å²) in [5, 5.41) is 3.59. The molecule has 6 heteroatoms. The molecular formula is C23H29ClN2O2S. The summed E-state index contributed by atoms with van der Waals surface area (Å²) in [6.07, 6.45) is 0.549. The summed E-state index contributed by atoms with van der Waals surface area (Å²) in [6.45, 7) is 8.17. The van der Waals surface area contributed by atoms with Gasteiger partial charge in [0.2, 0.25) is 11.8 Å². The molecule has 0 aliphatic rings. The van der Waals surface area contributed by atoms with Gasteiger partial charge in [0, 0.05) is 22.5 Å². The first-order chi connectivity index (χ1) is 13.8. The molecule has 0 saturated carbocycles. The zero-order chi connectivity index (χ0) is 21.4. The Morgan fingerprint density at radius 3 is 2.24 bits per heavy atom. The molecule has 0 saturated heterocycles. The van der Waals surface area contributed by atoms with Gasteiger partial charge in [0.1, 0.15) is 6.04 Å². The van der Waals surface area contributed by atoms with Gasteiger partial charge in [0.05, 0.1) is 5.75 Å². The second-order valence-electron chi connectivity index (χ2n) is 7.34. The minimum Gasteiger partial charge on any atom is -0.352 e. The van der Waals surface area contributed by atoms with Gasteiger partial charge in [0.15, 0.2) is 0 Å². The molecule has 0 unspecified atom stereocenters. The minimum absolute atomic E-state index is 0.0194. The van der Waals surface area contributed by atoms with Crippen LogP contribution in [0.3, 0.4) is 0 Å². The summed E-state index contributed by atoms with van der Waals surface area (Å²) in [6, 6.07) is 15.0. The molecule has 0 heterocycles. The lowest BCUT2D eigenvalue weighted by atomic mass is 10.1. The van der Waals surface area contributed by atoms with Crippen molar-refractivity contribution in [2.45, 2.75) is 57.6 Å². The number of carbonyl (C=O) groups is 2. The van der Waals surface area contributed by atoms with Gasteiger partial charge in [-0.2, -0.15) is 0 Å². The number of aryl methyl sites for hydroxylation is 1. The van der Waals surface area contributed by atoms with Crippen LogP contribution in [0.15, 0.2) is 53.4 Å². The topological polar surface area (TPSA) is 49.4 Å². The van der Waals surface area contributed by atoms with Gasteiger partial charge in [-0.05, 0) is 57.0 Å². The maximum Gasteiger partial charge on any atom is 0.243 e. The van der Waals surface area contributed by atoms with Gasteiger partial charge in [0.25, 0.3) is 0 Å². The quantitative estimate of drug-likeness (QED) is 0.562. The first-order valence-electron chi connectivity index (χ1n) is 9.84. The highest BCUT2D eigenvalue weighted by Gasteiger charge is 2.28. The van der Waals surface area contributed by atoms with Gasteiger partial charge in [-0.3, -0.25) is 9.59 Å². The van der Waals surface area contributed by atoms with E-state index in [4.69, 9.17) is 11.6 Å². The van der Waals surface area contributed by atoms with Crippen LogP contribution in [0.5, 0.6) is 0 Å². The molecule has 0 aliphatic carbocycles. The average molecular weight is 433 g/mol. The Hall–Kier alpha value is -1.98. The normalized spacial score (nSPS) is 11.9. The number of amides is 2. The van der Waals surface area contributed by atoms with Crippen LogP contribution >= 0.6 is 23.4 Å². The molecule has 2 rings (SSSR count). The maximum absolute atomic E-state index is 13.1. The van der Waals surface area contributed by atoms with Crippen LogP contribution in [0.2, 0.25) is 5.02 Å². The Bertz CT molecular complexity index is 807. The van der Waals surface area contributed by atoms with E-state index in [1.807, 2.05) is 64.1 Å². The molecule has 0 fully saturated rings. The Balaban J connectivity index is 2.18. The maximum atomic E-state index is 13.1. The fourth-order valence-electron chi connectivity index (χ4n) is 2.95. The molecule has 0 aromatic heterocycles. The van der Waals surface area contributed by atoms with E-state index in [9.17, 15) is 9.59 Å². The molecule has 4 nitrogen and oxygen atoms in total. The summed E-state index contributed by atoms with van der Waals surface area (Å²) < 4.78 is 0. The number of nitrogens with one attached hydrogen (secondary N) is 1.